The molecular weight excluding hydrogens is 350 g/mol. The quantitative estimate of drug-likeness (QED) is 0.514. The molecule has 0 saturated heterocycles. The Labute approximate surface area is 159 Å². The van der Waals surface area contributed by atoms with Crippen molar-refractivity contribution in [2.24, 2.45) is 0 Å². The second-order valence-corrected chi connectivity index (χ2v) is 7.91. The first-order valence-electron chi connectivity index (χ1n) is 8.53. The van der Waals surface area contributed by atoms with E-state index in [1.807, 2.05) is 43.5 Å². The summed E-state index contributed by atoms with van der Waals surface area (Å²) < 4.78 is 5.20. The lowest BCUT2D eigenvalue weighted by molar-refractivity contribution is 0.590. The first-order chi connectivity index (χ1) is 11.8. The van der Waals surface area contributed by atoms with Crippen LogP contribution in [0.3, 0.4) is 0 Å². The topological polar surface area (TPSA) is 29.3 Å². The molecule has 0 bridgehead atoms. The molecule has 3 rings (SSSR count). The van der Waals surface area contributed by atoms with Crippen LogP contribution < -0.4 is 4.72 Å². The summed E-state index contributed by atoms with van der Waals surface area (Å²) in [5, 5.41) is 5.19. The largest absolute Gasteiger partial charge is 0.310 e. The van der Waals surface area contributed by atoms with Gasteiger partial charge in [-0.25, -0.2) is 4.52 Å². The lowest BCUT2D eigenvalue weighted by Crippen LogP contribution is -2.10. The van der Waals surface area contributed by atoms with Crippen LogP contribution in [0.1, 0.15) is 45.9 Å². The zero-order valence-electron chi connectivity index (χ0n) is 15.7. The van der Waals surface area contributed by atoms with Gasteiger partial charge in [-0.05, 0) is 60.2 Å². The Morgan fingerprint density at radius 2 is 1.68 bits per heavy atom. The van der Waals surface area contributed by atoms with Crippen LogP contribution in [0, 0.1) is 6.92 Å². The molecule has 2 aromatic heterocycles. The molecule has 0 aliphatic rings. The van der Waals surface area contributed by atoms with Gasteiger partial charge in [-0.15, -0.1) is 0 Å². The van der Waals surface area contributed by atoms with E-state index in [2.05, 4.69) is 54.9 Å². The highest BCUT2D eigenvalue weighted by Gasteiger charge is 2.13. The van der Waals surface area contributed by atoms with Gasteiger partial charge in [0.25, 0.3) is 0 Å². The number of fused-ring (bicyclic) bond motifs is 1. The van der Waals surface area contributed by atoms with Crippen molar-refractivity contribution >= 4 is 34.9 Å². The number of aromatic nitrogens is 2. The van der Waals surface area contributed by atoms with Crippen LogP contribution in [0.15, 0.2) is 47.4 Å². The van der Waals surface area contributed by atoms with Gasteiger partial charge in [-0.3, -0.25) is 0 Å². The van der Waals surface area contributed by atoms with Gasteiger partial charge in [0, 0.05) is 4.90 Å². The van der Waals surface area contributed by atoms with Crippen LogP contribution in [0.25, 0.3) is 5.52 Å². The van der Waals surface area contributed by atoms with E-state index in [9.17, 15) is 0 Å². The average molecular weight is 376 g/mol. The molecule has 0 unspecified atom stereocenters. The molecule has 0 aliphatic carbocycles. The van der Waals surface area contributed by atoms with E-state index in [-0.39, 0.29) is 5.41 Å². The van der Waals surface area contributed by atoms with Gasteiger partial charge in [0.1, 0.15) is 5.82 Å². The van der Waals surface area contributed by atoms with Crippen LogP contribution in [-0.4, -0.2) is 9.61 Å². The molecule has 25 heavy (non-hydrogen) atoms. The first-order valence-corrected chi connectivity index (χ1v) is 9.72. The SMILES string of the molecule is CC.Cc1cc2c(Cl)ccc(NSc3ccc(C(C)(C)C)cc3)n2n1. The molecule has 0 fully saturated rings. The predicted molar refractivity (Wildman–Crippen MR) is 111 cm³/mol. The van der Waals surface area contributed by atoms with Crippen molar-refractivity contribution in [1.29, 1.82) is 0 Å². The molecule has 0 saturated carbocycles. The fourth-order valence-electron chi connectivity index (χ4n) is 2.37. The summed E-state index contributed by atoms with van der Waals surface area (Å²) in [7, 11) is 0. The van der Waals surface area contributed by atoms with Gasteiger partial charge in [0.2, 0.25) is 0 Å². The maximum absolute atomic E-state index is 6.22. The van der Waals surface area contributed by atoms with Crippen molar-refractivity contribution in [2.45, 2.75) is 51.9 Å². The van der Waals surface area contributed by atoms with Crippen molar-refractivity contribution in [2.75, 3.05) is 4.72 Å². The molecule has 0 atom stereocenters. The number of anilines is 1. The van der Waals surface area contributed by atoms with E-state index in [0.717, 1.165) is 21.9 Å². The van der Waals surface area contributed by atoms with Crippen LogP contribution >= 0.6 is 23.5 Å². The molecule has 134 valence electrons. The highest BCUT2D eigenvalue weighted by atomic mass is 35.5. The zero-order chi connectivity index (χ0) is 18.6. The number of benzene rings is 1. The molecule has 5 heteroatoms. The first kappa shape index (κ1) is 19.7. The Morgan fingerprint density at radius 1 is 1.04 bits per heavy atom. The van der Waals surface area contributed by atoms with Gasteiger partial charge in [-0.2, -0.15) is 5.10 Å². The second-order valence-electron chi connectivity index (χ2n) is 6.63. The normalized spacial score (nSPS) is 11.2. The highest BCUT2D eigenvalue weighted by Crippen LogP contribution is 2.28. The van der Waals surface area contributed by atoms with Gasteiger partial charge in [0.15, 0.2) is 0 Å². The number of rotatable bonds is 3. The molecule has 3 aromatic rings. The van der Waals surface area contributed by atoms with E-state index >= 15 is 0 Å². The Bertz CT molecular complexity index is 833. The van der Waals surface area contributed by atoms with Gasteiger partial charge in [0.05, 0.1) is 16.2 Å². The molecular formula is C20H26ClN3S. The highest BCUT2D eigenvalue weighted by molar-refractivity contribution is 8.00. The third-order valence-corrected chi connectivity index (χ3v) is 4.82. The molecule has 1 aromatic carbocycles. The summed E-state index contributed by atoms with van der Waals surface area (Å²) in [6.45, 7) is 12.6. The number of hydrogen-bond acceptors (Lipinski definition) is 3. The molecule has 0 amide bonds. The summed E-state index contributed by atoms with van der Waals surface area (Å²) in [6, 6.07) is 14.5. The smallest absolute Gasteiger partial charge is 0.138 e. The van der Waals surface area contributed by atoms with Crippen molar-refractivity contribution in [3.05, 3.63) is 58.7 Å². The summed E-state index contributed by atoms with van der Waals surface area (Å²) in [4.78, 5) is 1.16. The van der Waals surface area contributed by atoms with E-state index in [1.54, 1.807) is 11.9 Å². The molecule has 0 spiro atoms. The standard InChI is InChI=1S/C18H20ClN3S.C2H6/c1-12-11-16-15(19)9-10-17(22(16)20-12)21-23-14-7-5-13(6-8-14)18(2,3)4;1-2/h5-11,21H,1-4H3;1-2H3. The predicted octanol–water partition coefficient (Wildman–Crippen LogP) is 6.74. The van der Waals surface area contributed by atoms with Gasteiger partial charge >= 0.3 is 0 Å². The third kappa shape index (κ3) is 4.71. The monoisotopic (exact) mass is 375 g/mol. The summed E-state index contributed by atoms with van der Waals surface area (Å²) in [6.07, 6.45) is 0. The van der Waals surface area contributed by atoms with Gasteiger partial charge < -0.3 is 4.72 Å². The number of hydrogen-bond donors (Lipinski definition) is 1. The van der Waals surface area contributed by atoms with Crippen molar-refractivity contribution in [1.82, 2.24) is 9.61 Å². The number of nitrogens with one attached hydrogen (secondary N) is 1. The second kappa shape index (κ2) is 8.15. The molecule has 0 radical (unpaired) electrons. The molecule has 0 aliphatic heterocycles. The molecule has 3 nitrogen and oxygen atoms in total. The summed E-state index contributed by atoms with van der Waals surface area (Å²) >= 11 is 7.79. The van der Waals surface area contributed by atoms with E-state index in [0.29, 0.717) is 5.02 Å². The number of pyridine rings is 1. The van der Waals surface area contributed by atoms with Crippen molar-refractivity contribution in [3.8, 4) is 0 Å². The van der Waals surface area contributed by atoms with Gasteiger partial charge in [-0.1, -0.05) is 58.4 Å². The Hall–Kier alpha value is -1.65. The minimum atomic E-state index is 0.172. The zero-order valence-corrected chi connectivity index (χ0v) is 17.3. The Kier molecular flexibility index (Phi) is 6.42. The summed E-state index contributed by atoms with van der Waals surface area (Å²) in [5.41, 5.74) is 3.36. The minimum absolute atomic E-state index is 0.172. The number of aryl methyl sites for hydroxylation is 1. The van der Waals surface area contributed by atoms with Crippen LogP contribution in [-0.2, 0) is 5.41 Å². The number of nitrogens with zero attached hydrogens (tertiary/aromatic N) is 2. The maximum atomic E-state index is 6.22. The lowest BCUT2D eigenvalue weighted by Gasteiger charge is -2.19. The molecule has 1 N–H and O–H groups in total. The summed E-state index contributed by atoms with van der Waals surface area (Å²) in [5.74, 6) is 0.905. The fraction of sp³-hybridized carbons (Fsp3) is 0.350. The number of halogens is 1. The fourth-order valence-corrected chi connectivity index (χ4v) is 3.22. The van der Waals surface area contributed by atoms with Crippen LogP contribution in [0.2, 0.25) is 5.02 Å². The Balaban J connectivity index is 0.00000109. The van der Waals surface area contributed by atoms with Crippen molar-refractivity contribution in [3.63, 3.8) is 0 Å². The van der Waals surface area contributed by atoms with Crippen molar-refractivity contribution < 1.29 is 0 Å². The average Bonchev–Trinajstić information content (AvgIpc) is 2.98. The van der Waals surface area contributed by atoms with Crippen LogP contribution in [0.5, 0.6) is 0 Å². The van der Waals surface area contributed by atoms with E-state index < -0.39 is 0 Å². The van der Waals surface area contributed by atoms with Crippen LogP contribution in [0.4, 0.5) is 5.82 Å². The minimum Gasteiger partial charge on any atom is -0.310 e. The maximum Gasteiger partial charge on any atom is 0.138 e. The molecule has 2 heterocycles. The van der Waals surface area contributed by atoms with E-state index in [1.165, 1.54) is 5.56 Å². The van der Waals surface area contributed by atoms with E-state index in [4.69, 9.17) is 11.6 Å². The third-order valence-electron chi connectivity index (χ3n) is 3.69. The lowest BCUT2D eigenvalue weighted by atomic mass is 9.87. The Morgan fingerprint density at radius 3 is 2.28 bits per heavy atom.